The van der Waals surface area contributed by atoms with E-state index in [1.165, 1.54) is 12.8 Å². The first-order valence-electron chi connectivity index (χ1n) is 6.56. The van der Waals surface area contributed by atoms with E-state index >= 15 is 0 Å². The van der Waals surface area contributed by atoms with Crippen LogP contribution in [0.25, 0.3) is 0 Å². The van der Waals surface area contributed by atoms with Crippen molar-refractivity contribution in [3.05, 3.63) is 31.8 Å². The van der Waals surface area contributed by atoms with E-state index in [0.717, 1.165) is 37.1 Å². The quantitative estimate of drug-likeness (QED) is 0.515. The molecule has 0 amide bonds. The molecule has 0 spiro atoms. The number of hydrogen-bond donors (Lipinski definition) is 1. The molecule has 19 heavy (non-hydrogen) atoms. The Hall–Kier alpha value is -1.14. The Morgan fingerprint density at radius 3 is 2.68 bits per heavy atom. The van der Waals surface area contributed by atoms with Crippen LogP contribution in [0.2, 0.25) is 0 Å². The molecule has 6 heteroatoms. The second-order valence-corrected chi connectivity index (χ2v) is 6.17. The van der Waals surface area contributed by atoms with Crippen molar-refractivity contribution in [2.75, 3.05) is 18.8 Å². The van der Waals surface area contributed by atoms with Gasteiger partial charge in [0, 0.05) is 16.1 Å². The van der Waals surface area contributed by atoms with E-state index < -0.39 is 0 Å². The maximum absolute atomic E-state index is 11.3. The van der Waals surface area contributed by atoms with Crippen molar-refractivity contribution in [1.82, 2.24) is 4.90 Å². The van der Waals surface area contributed by atoms with Crippen molar-refractivity contribution in [1.29, 1.82) is 0 Å². The minimum atomic E-state index is -0.342. The second kappa shape index (κ2) is 4.76. The van der Waals surface area contributed by atoms with Crippen LogP contribution >= 0.6 is 15.9 Å². The number of nitro groups is 1. The minimum Gasteiger partial charge on any atom is -0.392 e. The Kier molecular flexibility index (Phi) is 3.22. The van der Waals surface area contributed by atoms with Crippen LogP contribution in [-0.2, 0) is 12.8 Å². The fourth-order valence-electron chi connectivity index (χ4n) is 3.29. The van der Waals surface area contributed by atoms with Crippen LogP contribution in [0, 0.1) is 10.1 Å². The van der Waals surface area contributed by atoms with E-state index in [4.69, 9.17) is 5.73 Å². The average Bonchev–Trinajstić information content (AvgIpc) is 2.97. The Balaban J connectivity index is 1.98. The molecule has 1 saturated heterocycles. The predicted molar refractivity (Wildman–Crippen MR) is 77.2 cm³/mol. The lowest BCUT2D eigenvalue weighted by Crippen LogP contribution is -2.33. The van der Waals surface area contributed by atoms with E-state index in [9.17, 15) is 10.1 Å². The van der Waals surface area contributed by atoms with E-state index in [-0.39, 0.29) is 16.3 Å². The van der Waals surface area contributed by atoms with Crippen LogP contribution in [0.5, 0.6) is 0 Å². The van der Waals surface area contributed by atoms with Gasteiger partial charge in [-0.1, -0.05) is 0 Å². The van der Waals surface area contributed by atoms with Gasteiger partial charge in [-0.25, -0.2) is 0 Å². The molecule has 0 radical (unpaired) electrons. The number of fused-ring (bicyclic) bond motifs is 1. The number of benzene rings is 1. The Bertz CT molecular complexity index is 541. The van der Waals surface area contributed by atoms with Crippen molar-refractivity contribution in [2.45, 2.75) is 31.7 Å². The molecule has 2 N–H and O–H groups in total. The first-order chi connectivity index (χ1) is 9.08. The SMILES string of the molecule is Nc1c(Br)cc2c(c1[N+](=O)[O-])CC(N1CCCC1)C2. The van der Waals surface area contributed by atoms with Gasteiger partial charge in [-0.05, 0) is 66.3 Å². The molecule has 1 heterocycles. The fourth-order valence-corrected chi connectivity index (χ4v) is 3.75. The third kappa shape index (κ3) is 2.12. The summed E-state index contributed by atoms with van der Waals surface area (Å²) in [5.41, 5.74) is 8.12. The highest BCUT2D eigenvalue weighted by Gasteiger charge is 2.35. The number of nitrogens with zero attached hydrogens (tertiary/aromatic N) is 2. The molecule has 0 saturated carbocycles. The third-order valence-corrected chi connectivity index (χ3v) is 4.88. The van der Waals surface area contributed by atoms with Gasteiger partial charge in [0.25, 0.3) is 5.69 Å². The summed E-state index contributed by atoms with van der Waals surface area (Å²) in [5, 5.41) is 11.3. The van der Waals surface area contributed by atoms with Gasteiger partial charge in [0.05, 0.1) is 4.92 Å². The number of halogens is 1. The van der Waals surface area contributed by atoms with Crippen LogP contribution in [0.4, 0.5) is 11.4 Å². The standard InChI is InChI=1S/C13H16BrN3O2/c14-11-6-8-5-9(16-3-1-2-4-16)7-10(8)13(12(11)15)17(18)19/h6,9H,1-5,7,15H2. The van der Waals surface area contributed by atoms with Gasteiger partial charge in [-0.15, -0.1) is 0 Å². The zero-order valence-corrected chi connectivity index (χ0v) is 12.1. The summed E-state index contributed by atoms with van der Waals surface area (Å²) in [4.78, 5) is 13.4. The van der Waals surface area contributed by atoms with Crippen LogP contribution in [0.15, 0.2) is 10.5 Å². The first kappa shape index (κ1) is 12.9. The summed E-state index contributed by atoms with van der Waals surface area (Å²) >= 11 is 3.33. The molecule has 1 aliphatic carbocycles. The molecule has 3 rings (SSSR count). The highest BCUT2D eigenvalue weighted by Crippen LogP contribution is 2.41. The van der Waals surface area contributed by atoms with Crippen LogP contribution in [0.1, 0.15) is 24.0 Å². The van der Waals surface area contributed by atoms with Crippen molar-refractivity contribution in [3.8, 4) is 0 Å². The van der Waals surface area contributed by atoms with Crippen LogP contribution in [0.3, 0.4) is 0 Å². The third-order valence-electron chi connectivity index (χ3n) is 4.22. The van der Waals surface area contributed by atoms with Gasteiger partial charge in [-0.2, -0.15) is 0 Å². The van der Waals surface area contributed by atoms with Gasteiger partial charge in [0.1, 0.15) is 5.69 Å². The number of likely N-dealkylation sites (tertiary alicyclic amines) is 1. The minimum absolute atomic E-state index is 0.103. The normalized spacial score (nSPS) is 22.7. The first-order valence-corrected chi connectivity index (χ1v) is 7.35. The smallest absolute Gasteiger partial charge is 0.296 e. The number of hydrogen-bond acceptors (Lipinski definition) is 4. The molecule has 1 fully saturated rings. The zero-order valence-electron chi connectivity index (χ0n) is 10.6. The number of nitrogens with two attached hydrogens (primary N) is 1. The molecule has 1 atom stereocenters. The monoisotopic (exact) mass is 325 g/mol. The Morgan fingerprint density at radius 1 is 1.37 bits per heavy atom. The van der Waals surface area contributed by atoms with Gasteiger partial charge >= 0.3 is 0 Å². The van der Waals surface area contributed by atoms with Gasteiger partial charge in [-0.3, -0.25) is 15.0 Å². The number of nitro benzene ring substituents is 1. The van der Waals surface area contributed by atoms with Crippen molar-refractivity contribution >= 4 is 27.3 Å². The molecule has 0 aromatic heterocycles. The molecule has 2 aliphatic rings. The van der Waals surface area contributed by atoms with Crippen LogP contribution in [-0.4, -0.2) is 29.0 Å². The lowest BCUT2D eigenvalue weighted by Gasteiger charge is -2.22. The summed E-state index contributed by atoms with van der Waals surface area (Å²) in [5.74, 6) is 0. The highest BCUT2D eigenvalue weighted by atomic mass is 79.9. The molecule has 1 aromatic carbocycles. The zero-order chi connectivity index (χ0) is 13.6. The van der Waals surface area contributed by atoms with E-state index in [1.54, 1.807) is 0 Å². The molecule has 0 bridgehead atoms. The summed E-state index contributed by atoms with van der Waals surface area (Å²) in [6.07, 6.45) is 4.12. The van der Waals surface area contributed by atoms with E-state index in [1.807, 2.05) is 6.07 Å². The van der Waals surface area contributed by atoms with Gasteiger partial charge in [0.2, 0.25) is 0 Å². The maximum Gasteiger partial charge on any atom is 0.296 e. The molecule has 1 aliphatic heterocycles. The Labute approximate surface area is 120 Å². The van der Waals surface area contributed by atoms with Crippen molar-refractivity contribution in [2.24, 2.45) is 0 Å². The molecule has 1 unspecified atom stereocenters. The number of anilines is 1. The predicted octanol–water partition coefficient (Wildman–Crippen LogP) is 2.50. The second-order valence-electron chi connectivity index (χ2n) is 5.32. The largest absolute Gasteiger partial charge is 0.392 e. The Morgan fingerprint density at radius 2 is 2.05 bits per heavy atom. The number of nitrogen functional groups attached to an aromatic ring is 1. The molecule has 102 valence electrons. The number of rotatable bonds is 2. The van der Waals surface area contributed by atoms with Gasteiger partial charge in [0.15, 0.2) is 0 Å². The summed E-state index contributed by atoms with van der Waals surface area (Å²) in [7, 11) is 0. The van der Waals surface area contributed by atoms with Gasteiger partial charge < -0.3 is 5.73 Å². The average molecular weight is 326 g/mol. The fraction of sp³-hybridized carbons (Fsp3) is 0.538. The van der Waals surface area contributed by atoms with Crippen molar-refractivity contribution in [3.63, 3.8) is 0 Å². The lowest BCUT2D eigenvalue weighted by atomic mass is 10.1. The highest BCUT2D eigenvalue weighted by molar-refractivity contribution is 9.10. The molecular formula is C13H16BrN3O2. The van der Waals surface area contributed by atoms with E-state index in [2.05, 4.69) is 20.8 Å². The maximum atomic E-state index is 11.3. The van der Waals surface area contributed by atoms with Crippen LogP contribution < -0.4 is 5.73 Å². The topological polar surface area (TPSA) is 72.4 Å². The van der Waals surface area contributed by atoms with E-state index in [0.29, 0.717) is 10.5 Å². The molecular weight excluding hydrogens is 310 g/mol. The summed E-state index contributed by atoms with van der Waals surface area (Å²) in [6.45, 7) is 2.23. The lowest BCUT2D eigenvalue weighted by molar-refractivity contribution is -0.384. The molecule has 5 nitrogen and oxygen atoms in total. The summed E-state index contributed by atoms with van der Waals surface area (Å²) < 4.78 is 0.639. The molecule has 1 aromatic rings. The summed E-state index contributed by atoms with van der Waals surface area (Å²) in [6, 6.07) is 2.36. The van der Waals surface area contributed by atoms with Crippen molar-refractivity contribution < 1.29 is 4.92 Å².